The molecule has 2 rings (SSSR count). The molecule has 0 fully saturated rings. The molecule has 21 heavy (non-hydrogen) atoms. The Labute approximate surface area is 128 Å². The Bertz CT molecular complexity index is 730. The molecule has 2 aromatic carbocycles. The van der Waals surface area contributed by atoms with Crippen molar-refractivity contribution in [2.75, 3.05) is 6.26 Å². The van der Waals surface area contributed by atoms with Gasteiger partial charge in [0.05, 0.1) is 4.90 Å². The molecule has 112 valence electrons. The number of hydrogen-bond acceptors (Lipinski definition) is 3. The van der Waals surface area contributed by atoms with Gasteiger partial charge in [-0.05, 0) is 35.9 Å². The van der Waals surface area contributed by atoms with Crippen molar-refractivity contribution < 1.29 is 12.8 Å². The number of nitrogens with one attached hydrogen (secondary N) is 1. The first-order valence-corrected chi connectivity index (χ1v) is 8.57. The van der Waals surface area contributed by atoms with Gasteiger partial charge in [0.25, 0.3) is 0 Å². The smallest absolute Gasteiger partial charge is 0.175 e. The largest absolute Gasteiger partial charge is 0.309 e. The summed E-state index contributed by atoms with van der Waals surface area (Å²) in [5, 5.41) is 3.59. The van der Waals surface area contributed by atoms with E-state index in [-0.39, 0.29) is 10.7 Å². The van der Waals surface area contributed by atoms with Gasteiger partial charge in [0.1, 0.15) is 5.82 Å². The van der Waals surface area contributed by atoms with Crippen molar-refractivity contribution in [3.63, 3.8) is 0 Å². The highest BCUT2D eigenvalue weighted by molar-refractivity contribution is 7.90. The summed E-state index contributed by atoms with van der Waals surface area (Å²) >= 11 is 5.82. The highest BCUT2D eigenvalue weighted by atomic mass is 35.5. The van der Waals surface area contributed by atoms with Crippen LogP contribution < -0.4 is 5.32 Å². The van der Waals surface area contributed by atoms with Crippen LogP contribution in [0.5, 0.6) is 0 Å². The fourth-order valence-electron chi connectivity index (χ4n) is 1.87. The van der Waals surface area contributed by atoms with Crippen LogP contribution in [0.1, 0.15) is 11.1 Å². The highest BCUT2D eigenvalue weighted by Crippen LogP contribution is 2.15. The standard InChI is InChI=1S/C15H15ClFNO2S/c1-21(19,20)14-5-2-11(3-6-14)9-18-10-12-8-13(16)4-7-15(12)17/h2-8,18H,9-10H2,1H3. The van der Waals surface area contributed by atoms with E-state index in [9.17, 15) is 12.8 Å². The fourth-order valence-corrected chi connectivity index (χ4v) is 2.70. The van der Waals surface area contributed by atoms with Crippen molar-refractivity contribution in [1.82, 2.24) is 5.32 Å². The summed E-state index contributed by atoms with van der Waals surface area (Å²) in [6.45, 7) is 0.857. The Kier molecular flexibility index (Phi) is 4.98. The van der Waals surface area contributed by atoms with E-state index < -0.39 is 9.84 Å². The maximum atomic E-state index is 13.5. The minimum Gasteiger partial charge on any atom is -0.309 e. The first-order chi connectivity index (χ1) is 9.86. The summed E-state index contributed by atoms with van der Waals surface area (Å²) in [6, 6.07) is 11.0. The Morgan fingerprint density at radius 1 is 1.10 bits per heavy atom. The molecule has 0 saturated carbocycles. The molecule has 0 spiro atoms. The van der Waals surface area contributed by atoms with E-state index in [0.717, 1.165) is 5.56 Å². The minimum atomic E-state index is -3.18. The molecule has 1 N–H and O–H groups in total. The van der Waals surface area contributed by atoms with E-state index in [4.69, 9.17) is 11.6 Å². The molecule has 0 heterocycles. The first kappa shape index (κ1) is 15.9. The van der Waals surface area contributed by atoms with Gasteiger partial charge in [0.2, 0.25) is 0 Å². The van der Waals surface area contributed by atoms with Crippen LogP contribution in [0.3, 0.4) is 0 Å². The van der Waals surface area contributed by atoms with Crippen LogP contribution in [0.4, 0.5) is 4.39 Å². The summed E-state index contributed by atoms with van der Waals surface area (Å²) in [7, 11) is -3.18. The maximum Gasteiger partial charge on any atom is 0.175 e. The zero-order valence-electron chi connectivity index (χ0n) is 11.4. The van der Waals surface area contributed by atoms with Crippen molar-refractivity contribution in [3.05, 3.63) is 64.4 Å². The van der Waals surface area contributed by atoms with E-state index in [1.54, 1.807) is 30.3 Å². The van der Waals surface area contributed by atoms with Crippen LogP contribution in [-0.2, 0) is 22.9 Å². The van der Waals surface area contributed by atoms with E-state index in [0.29, 0.717) is 23.7 Å². The first-order valence-electron chi connectivity index (χ1n) is 6.30. The average Bonchev–Trinajstić information content (AvgIpc) is 2.42. The van der Waals surface area contributed by atoms with E-state index >= 15 is 0 Å². The lowest BCUT2D eigenvalue weighted by Gasteiger charge is -2.07. The molecule has 0 unspecified atom stereocenters. The Balaban J connectivity index is 1.96. The fraction of sp³-hybridized carbons (Fsp3) is 0.200. The van der Waals surface area contributed by atoms with Gasteiger partial charge >= 0.3 is 0 Å². The highest BCUT2D eigenvalue weighted by Gasteiger charge is 2.06. The lowest BCUT2D eigenvalue weighted by Crippen LogP contribution is -2.13. The zero-order valence-corrected chi connectivity index (χ0v) is 13.0. The molecule has 6 heteroatoms. The zero-order chi connectivity index (χ0) is 15.5. The number of halogens is 2. The maximum absolute atomic E-state index is 13.5. The number of benzene rings is 2. The number of rotatable bonds is 5. The lowest BCUT2D eigenvalue weighted by atomic mass is 10.2. The van der Waals surface area contributed by atoms with Gasteiger partial charge in [-0.3, -0.25) is 0 Å². The normalized spacial score (nSPS) is 11.6. The SMILES string of the molecule is CS(=O)(=O)c1ccc(CNCc2cc(Cl)ccc2F)cc1. The predicted octanol–water partition coefficient (Wildman–Crippen LogP) is 3.17. The molecular formula is C15H15ClFNO2S. The van der Waals surface area contributed by atoms with Gasteiger partial charge in [0, 0.05) is 29.9 Å². The molecule has 2 aromatic rings. The summed E-state index contributed by atoms with van der Waals surface area (Å²) in [6.07, 6.45) is 1.17. The van der Waals surface area contributed by atoms with Crippen molar-refractivity contribution in [2.24, 2.45) is 0 Å². The molecule has 0 amide bonds. The molecule has 0 saturated heterocycles. The predicted molar refractivity (Wildman–Crippen MR) is 81.5 cm³/mol. The molecule has 0 bridgehead atoms. The molecular weight excluding hydrogens is 313 g/mol. The molecule has 0 aliphatic carbocycles. The van der Waals surface area contributed by atoms with Crippen LogP contribution >= 0.6 is 11.6 Å². The third-order valence-corrected chi connectivity index (χ3v) is 4.37. The Morgan fingerprint density at radius 2 is 1.76 bits per heavy atom. The molecule has 0 radical (unpaired) electrons. The van der Waals surface area contributed by atoms with Crippen molar-refractivity contribution >= 4 is 21.4 Å². The Hall–Kier alpha value is -1.43. The number of hydrogen-bond donors (Lipinski definition) is 1. The molecule has 0 aromatic heterocycles. The van der Waals surface area contributed by atoms with Crippen molar-refractivity contribution in [3.8, 4) is 0 Å². The minimum absolute atomic E-state index is 0.284. The molecule has 0 atom stereocenters. The van der Waals surface area contributed by atoms with Crippen molar-refractivity contribution in [2.45, 2.75) is 18.0 Å². The van der Waals surface area contributed by atoms with Crippen LogP contribution in [0, 0.1) is 5.82 Å². The lowest BCUT2D eigenvalue weighted by molar-refractivity contribution is 0.587. The Morgan fingerprint density at radius 3 is 2.38 bits per heavy atom. The van der Waals surface area contributed by atoms with Crippen LogP contribution in [0.15, 0.2) is 47.4 Å². The molecule has 0 aliphatic rings. The van der Waals surface area contributed by atoms with E-state index in [1.165, 1.54) is 18.4 Å². The second-order valence-corrected chi connectivity index (χ2v) is 7.21. The van der Waals surface area contributed by atoms with Gasteiger partial charge in [-0.25, -0.2) is 12.8 Å². The topological polar surface area (TPSA) is 46.2 Å². The second-order valence-electron chi connectivity index (χ2n) is 4.76. The van der Waals surface area contributed by atoms with Gasteiger partial charge in [-0.2, -0.15) is 0 Å². The van der Waals surface area contributed by atoms with Gasteiger partial charge in [-0.1, -0.05) is 23.7 Å². The second kappa shape index (κ2) is 6.56. The van der Waals surface area contributed by atoms with Crippen molar-refractivity contribution in [1.29, 1.82) is 0 Å². The summed E-state index contributed by atoms with van der Waals surface area (Å²) in [4.78, 5) is 0.284. The monoisotopic (exact) mass is 327 g/mol. The van der Waals surface area contributed by atoms with Gasteiger partial charge in [-0.15, -0.1) is 0 Å². The number of sulfone groups is 1. The molecule has 3 nitrogen and oxygen atoms in total. The average molecular weight is 328 g/mol. The van der Waals surface area contributed by atoms with Crippen LogP contribution in [0.2, 0.25) is 5.02 Å². The summed E-state index contributed by atoms with van der Waals surface area (Å²) in [5.41, 5.74) is 1.42. The molecule has 0 aliphatic heterocycles. The van der Waals surface area contributed by atoms with E-state index in [1.807, 2.05) is 0 Å². The van der Waals surface area contributed by atoms with Gasteiger partial charge in [0.15, 0.2) is 9.84 Å². The van der Waals surface area contributed by atoms with Gasteiger partial charge < -0.3 is 5.32 Å². The summed E-state index contributed by atoms with van der Waals surface area (Å²) in [5.74, 6) is -0.306. The summed E-state index contributed by atoms with van der Waals surface area (Å²) < 4.78 is 36.2. The van der Waals surface area contributed by atoms with E-state index in [2.05, 4.69) is 5.32 Å². The quantitative estimate of drug-likeness (QED) is 0.917. The third kappa shape index (κ3) is 4.52. The van der Waals surface area contributed by atoms with Crippen LogP contribution in [-0.4, -0.2) is 14.7 Å². The van der Waals surface area contributed by atoms with Crippen LogP contribution in [0.25, 0.3) is 0 Å². The third-order valence-electron chi connectivity index (χ3n) is 3.00.